The average molecular weight is 289 g/mol. The lowest BCUT2D eigenvalue weighted by atomic mass is 10.2. The van der Waals surface area contributed by atoms with Crippen LogP contribution < -0.4 is 15.8 Å². The van der Waals surface area contributed by atoms with E-state index in [1.54, 1.807) is 24.5 Å². The molecule has 0 saturated heterocycles. The number of primary amides is 1. The van der Waals surface area contributed by atoms with Gasteiger partial charge in [-0.25, -0.2) is 14.8 Å². The molecule has 0 spiro atoms. The molecule has 4 N–H and O–H groups in total. The van der Waals surface area contributed by atoms with Gasteiger partial charge in [-0.15, -0.1) is 0 Å². The Balaban J connectivity index is 0.000000219. The summed E-state index contributed by atoms with van der Waals surface area (Å²) in [6.07, 6.45) is 4.51. The summed E-state index contributed by atoms with van der Waals surface area (Å²) in [7, 11) is 0. The number of nitrogens with one attached hydrogen (secondary N) is 1. The third kappa shape index (κ3) is 4.71. The molecule has 0 unspecified atom stereocenters. The first-order valence-corrected chi connectivity index (χ1v) is 5.59. The van der Waals surface area contributed by atoms with E-state index in [1.165, 1.54) is 12.3 Å². The molecule has 0 aliphatic heterocycles. The SMILES string of the molecule is NC(=O)c1cc[nH+]cc1.O=C([O-])c1cccnc1C(=O)O. The Kier molecular flexibility index (Phi) is 5.51. The number of nitrogens with zero attached hydrogens (tertiary/aromatic N) is 1. The van der Waals surface area contributed by atoms with E-state index >= 15 is 0 Å². The van der Waals surface area contributed by atoms with Gasteiger partial charge in [0.1, 0.15) is 0 Å². The van der Waals surface area contributed by atoms with Gasteiger partial charge in [-0.3, -0.25) is 4.79 Å². The molecule has 1 amide bonds. The monoisotopic (exact) mass is 289 g/mol. The molecule has 8 nitrogen and oxygen atoms in total. The van der Waals surface area contributed by atoms with Crippen LogP contribution in [0.2, 0.25) is 0 Å². The van der Waals surface area contributed by atoms with Crippen molar-refractivity contribution in [3.63, 3.8) is 0 Å². The first kappa shape index (κ1) is 15.8. The van der Waals surface area contributed by atoms with Crippen molar-refractivity contribution in [3.8, 4) is 0 Å². The fourth-order valence-electron chi connectivity index (χ4n) is 1.29. The zero-order valence-corrected chi connectivity index (χ0v) is 10.6. The van der Waals surface area contributed by atoms with E-state index in [0.29, 0.717) is 5.56 Å². The fourth-order valence-corrected chi connectivity index (χ4v) is 1.29. The maximum Gasteiger partial charge on any atom is 0.355 e. The number of aromatic carboxylic acids is 2. The van der Waals surface area contributed by atoms with Crippen LogP contribution in [0, 0.1) is 0 Å². The maximum atomic E-state index is 10.4. The highest BCUT2D eigenvalue weighted by atomic mass is 16.4. The minimum Gasteiger partial charge on any atom is -0.545 e. The van der Waals surface area contributed by atoms with Gasteiger partial charge in [0.05, 0.1) is 11.5 Å². The standard InChI is InChI=1S/C7H5NO4.C6H6N2O/c9-6(10)4-2-1-3-8-5(4)7(11)12;7-6(9)5-1-3-8-4-2-5/h1-3H,(H,9,10)(H,11,12);1-4H,(H2,7,9). The normalized spacial score (nSPS) is 9.14. The smallest absolute Gasteiger partial charge is 0.355 e. The summed E-state index contributed by atoms with van der Waals surface area (Å²) in [6.45, 7) is 0. The highest BCUT2D eigenvalue weighted by molar-refractivity contribution is 5.99. The molecule has 0 bridgehead atoms. The third-order valence-electron chi connectivity index (χ3n) is 2.23. The highest BCUT2D eigenvalue weighted by Crippen LogP contribution is 2.03. The Morgan fingerprint density at radius 1 is 1.19 bits per heavy atom. The van der Waals surface area contributed by atoms with Crippen LogP contribution in [0.3, 0.4) is 0 Å². The summed E-state index contributed by atoms with van der Waals surface area (Å²) in [4.78, 5) is 37.3. The van der Waals surface area contributed by atoms with Gasteiger partial charge in [-0.2, -0.15) is 0 Å². The largest absolute Gasteiger partial charge is 0.545 e. The van der Waals surface area contributed by atoms with E-state index in [-0.39, 0.29) is 0 Å². The van der Waals surface area contributed by atoms with Crippen molar-refractivity contribution in [1.82, 2.24) is 4.98 Å². The molecule has 2 aromatic rings. The van der Waals surface area contributed by atoms with E-state index in [9.17, 15) is 19.5 Å². The number of hydrogen-bond acceptors (Lipinski definition) is 5. The van der Waals surface area contributed by atoms with Gasteiger partial charge in [0.15, 0.2) is 18.1 Å². The first-order chi connectivity index (χ1) is 9.93. The molecule has 0 atom stereocenters. The Morgan fingerprint density at radius 3 is 2.19 bits per heavy atom. The number of amides is 1. The summed E-state index contributed by atoms with van der Waals surface area (Å²) in [5, 5.41) is 18.8. The van der Waals surface area contributed by atoms with Crippen LogP contribution in [0.15, 0.2) is 42.9 Å². The van der Waals surface area contributed by atoms with Crippen LogP contribution in [0.1, 0.15) is 31.2 Å². The Bertz CT molecular complexity index is 625. The van der Waals surface area contributed by atoms with Crippen molar-refractivity contribution in [2.45, 2.75) is 0 Å². The number of nitrogens with two attached hydrogens (primary N) is 1. The number of H-pyrrole nitrogens is 1. The summed E-state index contributed by atoms with van der Waals surface area (Å²) >= 11 is 0. The second kappa shape index (κ2) is 7.34. The molecule has 21 heavy (non-hydrogen) atoms. The Morgan fingerprint density at radius 2 is 1.81 bits per heavy atom. The van der Waals surface area contributed by atoms with Gasteiger partial charge in [-0.05, 0) is 12.1 Å². The molecule has 0 aliphatic carbocycles. The average Bonchev–Trinajstić information content (AvgIpc) is 2.48. The maximum absolute atomic E-state index is 10.4. The predicted molar refractivity (Wildman–Crippen MR) is 67.0 cm³/mol. The minimum atomic E-state index is -1.54. The minimum absolute atomic E-state index is 0.399. The van der Waals surface area contributed by atoms with Crippen LogP contribution in [0.4, 0.5) is 0 Å². The topological polar surface area (TPSA) is 148 Å². The molecule has 0 fully saturated rings. The predicted octanol–water partition coefficient (Wildman–Crippen LogP) is -1.26. The van der Waals surface area contributed by atoms with E-state index in [4.69, 9.17) is 10.8 Å². The van der Waals surface area contributed by atoms with Crippen molar-refractivity contribution in [2.24, 2.45) is 5.73 Å². The number of aromatic nitrogens is 2. The molecule has 2 heterocycles. The van der Waals surface area contributed by atoms with Crippen molar-refractivity contribution < 1.29 is 29.6 Å². The number of carbonyl (C=O) groups excluding carboxylic acids is 2. The van der Waals surface area contributed by atoms with Crippen LogP contribution in [-0.4, -0.2) is 27.9 Å². The second-order valence-electron chi connectivity index (χ2n) is 3.65. The lowest BCUT2D eigenvalue weighted by Crippen LogP contribution is -2.25. The van der Waals surface area contributed by atoms with Gasteiger partial charge in [0.25, 0.3) is 0 Å². The van der Waals surface area contributed by atoms with E-state index in [0.717, 1.165) is 6.07 Å². The summed E-state index contributed by atoms with van der Waals surface area (Å²) in [6, 6.07) is 5.72. The number of carboxylic acids is 2. The Labute approximate surface area is 118 Å². The quantitative estimate of drug-likeness (QED) is 0.720. The van der Waals surface area contributed by atoms with Crippen LogP contribution in [-0.2, 0) is 0 Å². The number of pyridine rings is 2. The summed E-state index contributed by atoms with van der Waals surface area (Å²) < 4.78 is 0. The van der Waals surface area contributed by atoms with Gasteiger partial charge in [0, 0.05) is 23.9 Å². The van der Waals surface area contributed by atoms with Gasteiger partial charge >= 0.3 is 5.97 Å². The molecule has 0 saturated carbocycles. The molecular formula is C13H11N3O5. The molecule has 8 heteroatoms. The zero-order valence-electron chi connectivity index (χ0n) is 10.6. The second-order valence-corrected chi connectivity index (χ2v) is 3.65. The molecule has 2 rings (SSSR count). The lowest BCUT2D eigenvalue weighted by Gasteiger charge is -2.03. The molecule has 0 aliphatic rings. The number of hydrogen-bond donors (Lipinski definition) is 2. The van der Waals surface area contributed by atoms with Crippen LogP contribution in [0.5, 0.6) is 0 Å². The van der Waals surface area contributed by atoms with Gasteiger partial charge in [0.2, 0.25) is 5.91 Å². The van der Waals surface area contributed by atoms with Crippen molar-refractivity contribution in [3.05, 3.63) is 59.7 Å². The lowest BCUT2D eigenvalue weighted by molar-refractivity contribution is -0.378. The van der Waals surface area contributed by atoms with Crippen molar-refractivity contribution in [2.75, 3.05) is 0 Å². The molecule has 0 radical (unpaired) electrons. The number of aromatic amines is 1. The molecular weight excluding hydrogens is 278 g/mol. The van der Waals surface area contributed by atoms with E-state index in [1.807, 2.05) is 0 Å². The number of rotatable bonds is 3. The Hall–Kier alpha value is -3.29. The van der Waals surface area contributed by atoms with Crippen molar-refractivity contribution >= 4 is 17.8 Å². The molecule has 0 aromatic carbocycles. The van der Waals surface area contributed by atoms with Gasteiger partial charge < -0.3 is 20.7 Å². The van der Waals surface area contributed by atoms with Crippen molar-refractivity contribution in [1.29, 1.82) is 0 Å². The first-order valence-electron chi connectivity index (χ1n) is 5.59. The van der Waals surface area contributed by atoms with Crippen LogP contribution >= 0.6 is 0 Å². The third-order valence-corrected chi connectivity index (χ3v) is 2.23. The number of carboxylic acid groups (broad SMARTS) is 2. The van der Waals surface area contributed by atoms with E-state index in [2.05, 4.69) is 9.97 Å². The molecule has 2 aromatic heterocycles. The summed E-state index contributed by atoms with van der Waals surface area (Å²) in [5.74, 6) is -3.32. The number of carbonyl (C=O) groups is 3. The zero-order chi connectivity index (χ0) is 15.8. The van der Waals surface area contributed by atoms with Gasteiger partial charge in [-0.1, -0.05) is 0 Å². The molecule has 108 valence electrons. The van der Waals surface area contributed by atoms with E-state index < -0.39 is 29.1 Å². The fraction of sp³-hybridized carbons (Fsp3) is 0. The summed E-state index contributed by atoms with van der Waals surface area (Å²) in [5.41, 5.74) is 4.57. The highest BCUT2D eigenvalue weighted by Gasteiger charge is 2.10. The van der Waals surface area contributed by atoms with Crippen LogP contribution in [0.25, 0.3) is 0 Å².